The normalized spacial score (nSPS) is 21.0. The van der Waals surface area contributed by atoms with Gasteiger partial charge in [-0.25, -0.2) is 17.5 Å². The van der Waals surface area contributed by atoms with Gasteiger partial charge in [-0.2, -0.15) is 0 Å². The number of likely N-dealkylation sites (tertiary alicyclic amines) is 1. The summed E-state index contributed by atoms with van der Waals surface area (Å²) in [5, 5.41) is 3.61. The number of amides is 1. The zero-order valence-electron chi connectivity index (χ0n) is 22.4. The lowest BCUT2D eigenvalue weighted by molar-refractivity contribution is -0.148. The summed E-state index contributed by atoms with van der Waals surface area (Å²) in [5.41, 5.74) is -0.811. The molecule has 0 spiro atoms. The first kappa shape index (κ1) is 31.3. The third-order valence-corrected chi connectivity index (χ3v) is 10.2. The molecule has 0 radical (unpaired) electrons. The summed E-state index contributed by atoms with van der Waals surface area (Å²) < 4.78 is 52.5. The molecule has 2 saturated heterocycles. The van der Waals surface area contributed by atoms with Crippen LogP contribution >= 0.6 is 35.0 Å². The van der Waals surface area contributed by atoms with Crippen LogP contribution in [0.1, 0.15) is 32.6 Å². The van der Waals surface area contributed by atoms with Crippen LogP contribution in [0.4, 0.5) is 10.1 Å². The molecule has 0 unspecified atom stereocenters. The third-order valence-electron chi connectivity index (χ3n) is 7.17. The Kier molecular flexibility index (Phi) is 10.6. The molecule has 0 bridgehead atoms. The van der Waals surface area contributed by atoms with E-state index in [0.29, 0.717) is 24.5 Å². The number of ether oxygens (including phenoxy) is 2. The maximum absolute atomic E-state index is 13.3. The molecule has 2 aromatic rings. The van der Waals surface area contributed by atoms with Crippen LogP contribution in [-0.4, -0.2) is 76.1 Å². The van der Waals surface area contributed by atoms with Crippen LogP contribution in [0.15, 0.2) is 46.2 Å². The zero-order valence-corrected chi connectivity index (χ0v) is 25.6. The molecule has 0 aliphatic carbocycles. The number of benzene rings is 2. The van der Waals surface area contributed by atoms with Gasteiger partial charge in [0.15, 0.2) is 0 Å². The number of thioether (sulfide) groups is 1. The molecule has 2 aliphatic rings. The van der Waals surface area contributed by atoms with Gasteiger partial charge in [0, 0.05) is 50.0 Å². The van der Waals surface area contributed by atoms with E-state index in [4.69, 9.17) is 32.7 Å². The van der Waals surface area contributed by atoms with Crippen molar-refractivity contribution in [2.45, 2.75) is 60.1 Å². The second kappa shape index (κ2) is 13.6. The Balaban J connectivity index is 1.46. The van der Waals surface area contributed by atoms with E-state index in [1.807, 2.05) is 0 Å². The lowest BCUT2D eigenvalue weighted by atomic mass is 9.95. The van der Waals surface area contributed by atoms with Gasteiger partial charge < -0.3 is 14.8 Å². The summed E-state index contributed by atoms with van der Waals surface area (Å²) >= 11 is 14.7. The zero-order chi connectivity index (χ0) is 28.9. The van der Waals surface area contributed by atoms with E-state index < -0.39 is 21.5 Å². The number of halogens is 3. The van der Waals surface area contributed by atoms with Crippen molar-refractivity contribution in [1.29, 1.82) is 0 Å². The molecule has 2 aliphatic heterocycles. The molecule has 4 rings (SSSR count). The maximum Gasteiger partial charge on any atom is 0.265 e. The summed E-state index contributed by atoms with van der Waals surface area (Å²) in [6.45, 7) is 4.52. The topological polar surface area (TPSA) is 97.0 Å². The van der Waals surface area contributed by atoms with Crippen LogP contribution in [0, 0.1) is 5.82 Å². The Morgan fingerprint density at radius 3 is 2.50 bits per heavy atom. The number of hydrogen-bond donors (Lipinski definition) is 2. The lowest BCUT2D eigenvalue weighted by Crippen LogP contribution is -2.52. The second-order valence-electron chi connectivity index (χ2n) is 10.2. The molecule has 2 aromatic carbocycles. The fraction of sp³-hybridized carbons (Fsp3) is 0.519. The number of anilines is 1. The molecular weight excluding hydrogens is 600 g/mol. The van der Waals surface area contributed by atoms with Crippen molar-refractivity contribution in [1.82, 2.24) is 9.62 Å². The average molecular weight is 635 g/mol. The highest BCUT2D eigenvalue weighted by atomic mass is 35.5. The quantitative estimate of drug-likeness (QED) is 0.308. The van der Waals surface area contributed by atoms with E-state index in [1.54, 1.807) is 37.9 Å². The van der Waals surface area contributed by atoms with Gasteiger partial charge in [0.25, 0.3) is 15.9 Å². The molecule has 40 heavy (non-hydrogen) atoms. The number of nitrogens with zero attached hydrogens (tertiary/aromatic N) is 1. The number of methoxy groups -OCH3 is 1. The highest BCUT2D eigenvalue weighted by Gasteiger charge is 2.38. The largest absolute Gasteiger partial charge is 0.379 e. The summed E-state index contributed by atoms with van der Waals surface area (Å²) in [4.78, 5) is 15.7. The first-order valence-corrected chi connectivity index (χ1v) is 16.3. The van der Waals surface area contributed by atoms with Gasteiger partial charge in [-0.15, -0.1) is 11.8 Å². The van der Waals surface area contributed by atoms with Crippen molar-refractivity contribution in [3.63, 3.8) is 0 Å². The minimum absolute atomic E-state index is 0.0859. The van der Waals surface area contributed by atoms with Crippen LogP contribution in [0.5, 0.6) is 0 Å². The summed E-state index contributed by atoms with van der Waals surface area (Å²) in [5.74, 6) is -0.384. The predicted octanol–water partition coefficient (Wildman–Crippen LogP) is 5.19. The third kappa shape index (κ3) is 8.02. The molecule has 8 nitrogen and oxygen atoms in total. The maximum atomic E-state index is 13.3. The number of rotatable bonds is 12. The molecule has 2 fully saturated rings. The Labute approximate surface area is 249 Å². The van der Waals surface area contributed by atoms with Gasteiger partial charge >= 0.3 is 0 Å². The van der Waals surface area contributed by atoms with Gasteiger partial charge in [-0.3, -0.25) is 9.69 Å². The first-order chi connectivity index (χ1) is 19.0. The Bertz CT molecular complexity index is 1260. The molecule has 2 heterocycles. The van der Waals surface area contributed by atoms with Crippen LogP contribution in [0.3, 0.4) is 0 Å². The van der Waals surface area contributed by atoms with Crippen molar-refractivity contribution in [3.05, 3.63) is 52.3 Å². The minimum Gasteiger partial charge on any atom is -0.379 e. The van der Waals surface area contributed by atoms with Gasteiger partial charge in [-0.1, -0.05) is 23.2 Å². The Morgan fingerprint density at radius 1 is 1.23 bits per heavy atom. The van der Waals surface area contributed by atoms with Crippen molar-refractivity contribution < 1.29 is 27.1 Å². The molecule has 2 atom stereocenters. The van der Waals surface area contributed by atoms with Crippen LogP contribution < -0.4 is 10.0 Å². The SMILES string of the molecule is COC1CN(CC[C@H](CSc2ccc(F)cc2)Nc2c(Cl)cc(S(=O)(=O)NC(=O)[C@@]3(C)CCCCO3)cc2Cl)C1. The lowest BCUT2D eigenvalue weighted by Gasteiger charge is -2.39. The second-order valence-corrected chi connectivity index (χ2v) is 13.8. The van der Waals surface area contributed by atoms with E-state index >= 15 is 0 Å². The van der Waals surface area contributed by atoms with Gasteiger partial charge in [0.2, 0.25) is 0 Å². The summed E-state index contributed by atoms with van der Waals surface area (Å²) in [6, 6.07) is 8.75. The highest BCUT2D eigenvalue weighted by molar-refractivity contribution is 7.99. The Morgan fingerprint density at radius 2 is 1.90 bits per heavy atom. The number of carbonyl (C=O) groups excluding carboxylic acids is 1. The molecular formula is C27H34Cl2FN3O5S2. The standard InChI is InChI=1S/C27H34Cl2FN3O5S2/c1-27(10-3-4-12-38-27)26(34)32-40(35,36)22-13-23(28)25(24(29)14-22)31-19(9-11-33-15-20(16-33)37-2)17-39-21-7-5-18(30)6-8-21/h5-8,13-14,19-20,31H,3-4,9-12,15-17H2,1-2H3,(H,32,34)/t19-,27-/m1/s1. The van der Waals surface area contributed by atoms with Crippen LogP contribution in [-0.2, 0) is 24.3 Å². The Hall–Kier alpha value is -1.60. The van der Waals surface area contributed by atoms with Gasteiger partial charge in [-0.05, 0) is 69.0 Å². The monoisotopic (exact) mass is 633 g/mol. The minimum atomic E-state index is -4.24. The van der Waals surface area contributed by atoms with E-state index in [-0.39, 0.29) is 32.9 Å². The fourth-order valence-electron chi connectivity index (χ4n) is 4.57. The molecule has 0 saturated carbocycles. The molecule has 0 aromatic heterocycles. The highest BCUT2D eigenvalue weighted by Crippen LogP contribution is 2.35. The van der Waals surface area contributed by atoms with Crippen molar-refractivity contribution in [3.8, 4) is 0 Å². The number of hydrogen-bond acceptors (Lipinski definition) is 8. The smallest absolute Gasteiger partial charge is 0.265 e. The number of sulfonamides is 1. The van der Waals surface area contributed by atoms with Crippen molar-refractivity contribution in [2.75, 3.05) is 44.4 Å². The fourth-order valence-corrected chi connectivity index (χ4v) is 7.39. The average Bonchev–Trinajstić information content (AvgIpc) is 2.89. The molecule has 1 amide bonds. The first-order valence-electron chi connectivity index (χ1n) is 13.1. The predicted molar refractivity (Wildman–Crippen MR) is 156 cm³/mol. The molecule has 13 heteroatoms. The van der Waals surface area contributed by atoms with Gasteiger partial charge in [0.1, 0.15) is 11.4 Å². The summed E-state index contributed by atoms with van der Waals surface area (Å²) in [6.07, 6.45) is 3.02. The van der Waals surface area contributed by atoms with Crippen LogP contribution in [0.25, 0.3) is 0 Å². The van der Waals surface area contributed by atoms with Crippen LogP contribution in [0.2, 0.25) is 10.0 Å². The number of carbonyl (C=O) groups is 1. The molecule has 220 valence electrons. The number of nitrogens with one attached hydrogen (secondary N) is 2. The van der Waals surface area contributed by atoms with Gasteiger partial charge in [0.05, 0.1) is 26.7 Å². The van der Waals surface area contributed by atoms with Crippen molar-refractivity contribution in [2.24, 2.45) is 0 Å². The van der Waals surface area contributed by atoms with Crippen molar-refractivity contribution >= 4 is 56.6 Å². The molecule has 2 N–H and O–H groups in total. The van der Waals surface area contributed by atoms with E-state index in [1.165, 1.54) is 24.3 Å². The van der Waals surface area contributed by atoms with E-state index in [9.17, 15) is 17.6 Å². The van der Waals surface area contributed by atoms with E-state index in [2.05, 4.69) is 14.9 Å². The van der Waals surface area contributed by atoms with E-state index in [0.717, 1.165) is 43.8 Å². The summed E-state index contributed by atoms with van der Waals surface area (Å²) in [7, 11) is -2.54.